The molecule has 0 saturated carbocycles. The van der Waals surface area contributed by atoms with E-state index in [0.717, 1.165) is 23.3 Å². The maximum absolute atomic E-state index is 13.0. The number of ether oxygens (including phenoxy) is 1. The maximum Gasteiger partial charge on any atom is 0.141 e. The third kappa shape index (κ3) is 4.28. The summed E-state index contributed by atoms with van der Waals surface area (Å²) >= 11 is 3.48. The summed E-state index contributed by atoms with van der Waals surface area (Å²) in [6, 6.07) is 7.35. The zero-order valence-electron chi connectivity index (χ0n) is 11.2. The number of aromatic nitrogens is 1. The molecule has 0 spiro atoms. The van der Waals surface area contributed by atoms with Crippen molar-refractivity contribution in [2.75, 3.05) is 6.54 Å². The average molecular weight is 339 g/mol. The van der Waals surface area contributed by atoms with Gasteiger partial charge in [0, 0.05) is 18.3 Å². The Hall–Kier alpha value is -1.46. The third-order valence-electron chi connectivity index (χ3n) is 2.73. The Morgan fingerprint density at radius 3 is 2.80 bits per heavy atom. The monoisotopic (exact) mass is 338 g/mol. The van der Waals surface area contributed by atoms with E-state index in [1.165, 1.54) is 17.8 Å². The molecule has 0 fully saturated rings. The topological polar surface area (TPSA) is 34.1 Å². The highest BCUT2D eigenvalue weighted by molar-refractivity contribution is 9.10. The highest BCUT2D eigenvalue weighted by atomic mass is 79.9. The molecular weight excluding hydrogens is 323 g/mol. The van der Waals surface area contributed by atoms with Gasteiger partial charge in [0.1, 0.15) is 18.2 Å². The lowest BCUT2D eigenvalue weighted by Crippen LogP contribution is -2.11. The fourth-order valence-electron chi connectivity index (χ4n) is 1.74. The Kier molecular flexibility index (Phi) is 5.49. The Bertz CT molecular complexity index is 578. The van der Waals surface area contributed by atoms with Crippen LogP contribution in [0.1, 0.15) is 18.1 Å². The summed E-state index contributed by atoms with van der Waals surface area (Å²) in [6.45, 7) is 4.11. The summed E-state index contributed by atoms with van der Waals surface area (Å²) < 4.78 is 19.6. The number of halogens is 2. The molecule has 106 valence electrons. The van der Waals surface area contributed by atoms with E-state index in [-0.39, 0.29) is 12.4 Å². The van der Waals surface area contributed by atoms with E-state index in [4.69, 9.17) is 4.74 Å². The molecule has 0 saturated heterocycles. The van der Waals surface area contributed by atoms with Gasteiger partial charge in [0.15, 0.2) is 0 Å². The predicted octanol–water partition coefficient (Wildman–Crippen LogP) is 3.67. The van der Waals surface area contributed by atoms with Gasteiger partial charge < -0.3 is 10.1 Å². The van der Waals surface area contributed by atoms with E-state index >= 15 is 0 Å². The Morgan fingerprint density at radius 1 is 1.25 bits per heavy atom. The van der Waals surface area contributed by atoms with Crippen molar-refractivity contribution in [2.24, 2.45) is 0 Å². The molecule has 5 heteroatoms. The van der Waals surface area contributed by atoms with Crippen molar-refractivity contribution in [3.63, 3.8) is 0 Å². The van der Waals surface area contributed by atoms with Crippen molar-refractivity contribution in [2.45, 2.75) is 20.1 Å². The van der Waals surface area contributed by atoms with Crippen LogP contribution in [0.3, 0.4) is 0 Å². The first-order chi connectivity index (χ1) is 9.69. The molecule has 3 nitrogen and oxygen atoms in total. The average Bonchev–Trinajstić information content (AvgIpc) is 2.44. The van der Waals surface area contributed by atoms with E-state index in [1.807, 2.05) is 18.2 Å². The second-order valence-corrected chi connectivity index (χ2v) is 5.20. The first kappa shape index (κ1) is 14.9. The molecule has 0 aliphatic rings. The number of pyridine rings is 1. The van der Waals surface area contributed by atoms with Crippen LogP contribution in [0.5, 0.6) is 5.75 Å². The van der Waals surface area contributed by atoms with Crippen LogP contribution in [0.4, 0.5) is 4.39 Å². The minimum absolute atomic E-state index is 0.288. The van der Waals surface area contributed by atoms with Crippen molar-refractivity contribution in [1.82, 2.24) is 10.3 Å². The molecule has 1 aromatic heterocycles. The highest BCUT2D eigenvalue weighted by Gasteiger charge is 2.04. The van der Waals surface area contributed by atoms with Gasteiger partial charge in [-0.1, -0.05) is 13.0 Å². The van der Waals surface area contributed by atoms with Gasteiger partial charge in [-0.05, 0) is 46.2 Å². The summed E-state index contributed by atoms with van der Waals surface area (Å²) in [4.78, 5) is 3.79. The lowest BCUT2D eigenvalue weighted by molar-refractivity contribution is 0.303. The number of hydrogen-bond donors (Lipinski definition) is 1. The summed E-state index contributed by atoms with van der Waals surface area (Å²) in [6.07, 6.45) is 2.77. The van der Waals surface area contributed by atoms with Gasteiger partial charge in [0.05, 0.1) is 10.7 Å². The van der Waals surface area contributed by atoms with Gasteiger partial charge in [0.2, 0.25) is 0 Å². The third-order valence-corrected chi connectivity index (χ3v) is 3.35. The Morgan fingerprint density at radius 2 is 2.10 bits per heavy atom. The molecule has 1 heterocycles. The predicted molar refractivity (Wildman–Crippen MR) is 80.0 cm³/mol. The molecule has 2 rings (SSSR count). The van der Waals surface area contributed by atoms with Crippen molar-refractivity contribution >= 4 is 15.9 Å². The second kappa shape index (κ2) is 7.36. The van der Waals surface area contributed by atoms with Gasteiger partial charge in [0.25, 0.3) is 0 Å². The largest absolute Gasteiger partial charge is 0.488 e. The van der Waals surface area contributed by atoms with Crippen LogP contribution in [-0.2, 0) is 13.2 Å². The van der Waals surface area contributed by atoms with E-state index in [1.54, 1.807) is 6.20 Å². The van der Waals surface area contributed by atoms with Gasteiger partial charge >= 0.3 is 0 Å². The van der Waals surface area contributed by atoms with Crippen LogP contribution in [0.25, 0.3) is 0 Å². The van der Waals surface area contributed by atoms with Crippen LogP contribution >= 0.6 is 15.9 Å². The Balaban J connectivity index is 1.99. The highest BCUT2D eigenvalue weighted by Crippen LogP contribution is 2.26. The standard InChI is InChI=1S/C15H16BrFN2O/c1-2-18-7-11-3-4-15(14(16)6-11)20-10-12-5-13(17)9-19-8-12/h3-6,8-9,18H,2,7,10H2,1H3. The summed E-state index contributed by atoms with van der Waals surface area (Å²) in [5.41, 5.74) is 1.88. The molecule has 1 N–H and O–H groups in total. The van der Waals surface area contributed by atoms with Gasteiger partial charge in [-0.25, -0.2) is 4.39 Å². The normalized spacial score (nSPS) is 10.6. The van der Waals surface area contributed by atoms with Crippen LogP contribution in [0.2, 0.25) is 0 Å². The first-order valence-corrected chi connectivity index (χ1v) is 7.19. The van der Waals surface area contributed by atoms with Crippen molar-refractivity contribution in [3.8, 4) is 5.75 Å². The zero-order chi connectivity index (χ0) is 14.4. The van der Waals surface area contributed by atoms with Gasteiger partial charge in [-0.15, -0.1) is 0 Å². The van der Waals surface area contributed by atoms with E-state index in [0.29, 0.717) is 5.56 Å². The van der Waals surface area contributed by atoms with E-state index in [9.17, 15) is 4.39 Å². The lowest BCUT2D eigenvalue weighted by atomic mass is 10.2. The summed E-state index contributed by atoms with van der Waals surface area (Å²) in [7, 11) is 0. The fraction of sp³-hybridized carbons (Fsp3) is 0.267. The zero-order valence-corrected chi connectivity index (χ0v) is 12.8. The number of nitrogens with one attached hydrogen (secondary N) is 1. The van der Waals surface area contributed by atoms with Gasteiger partial charge in [-0.2, -0.15) is 0 Å². The minimum Gasteiger partial charge on any atom is -0.488 e. The van der Waals surface area contributed by atoms with Crippen molar-refractivity contribution in [1.29, 1.82) is 0 Å². The van der Waals surface area contributed by atoms with Crippen molar-refractivity contribution < 1.29 is 9.13 Å². The first-order valence-electron chi connectivity index (χ1n) is 6.40. The lowest BCUT2D eigenvalue weighted by Gasteiger charge is -2.10. The number of rotatable bonds is 6. The molecule has 0 aliphatic heterocycles. The quantitative estimate of drug-likeness (QED) is 0.872. The SMILES string of the molecule is CCNCc1ccc(OCc2cncc(F)c2)c(Br)c1. The van der Waals surface area contributed by atoms with E-state index < -0.39 is 0 Å². The molecule has 2 aromatic rings. The van der Waals surface area contributed by atoms with E-state index in [2.05, 4.69) is 33.2 Å². The minimum atomic E-state index is -0.355. The maximum atomic E-state index is 13.0. The number of nitrogens with zero attached hydrogens (tertiary/aromatic N) is 1. The van der Waals surface area contributed by atoms with Crippen LogP contribution in [0.15, 0.2) is 41.1 Å². The molecule has 0 aliphatic carbocycles. The summed E-state index contributed by atoms with van der Waals surface area (Å²) in [5, 5.41) is 3.26. The molecular formula is C15H16BrFN2O. The number of hydrogen-bond acceptors (Lipinski definition) is 3. The summed E-state index contributed by atoms with van der Waals surface area (Å²) in [5.74, 6) is 0.376. The van der Waals surface area contributed by atoms with Crippen LogP contribution < -0.4 is 10.1 Å². The molecule has 0 radical (unpaired) electrons. The molecule has 1 aromatic carbocycles. The van der Waals surface area contributed by atoms with Crippen molar-refractivity contribution in [3.05, 3.63) is 58.1 Å². The second-order valence-electron chi connectivity index (χ2n) is 4.35. The Labute approximate surface area is 126 Å². The molecule has 20 heavy (non-hydrogen) atoms. The molecule has 0 atom stereocenters. The fourth-order valence-corrected chi connectivity index (χ4v) is 2.28. The molecule has 0 amide bonds. The van der Waals surface area contributed by atoms with Crippen LogP contribution in [-0.4, -0.2) is 11.5 Å². The number of benzene rings is 1. The molecule has 0 bridgehead atoms. The van der Waals surface area contributed by atoms with Crippen LogP contribution in [0, 0.1) is 5.82 Å². The molecule has 0 unspecified atom stereocenters. The smallest absolute Gasteiger partial charge is 0.141 e. The van der Waals surface area contributed by atoms with Gasteiger partial charge in [-0.3, -0.25) is 4.98 Å².